The van der Waals surface area contributed by atoms with Gasteiger partial charge in [-0.2, -0.15) is 10.5 Å². The van der Waals surface area contributed by atoms with Crippen molar-refractivity contribution in [1.82, 2.24) is 0 Å². The molecular weight excluding hydrogens is 200 g/mol. The molecule has 1 atom stereocenters. The Kier molecular flexibility index (Phi) is 5.47. The average molecular weight is 218 g/mol. The molecule has 86 valence electrons. The molecule has 0 amide bonds. The zero-order valence-electron chi connectivity index (χ0n) is 10.2. The zero-order valence-corrected chi connectivity index (χ0v) is 10.2. The van der Waals surface area contributed by atoms with Crippen LogP contribution in [0.1, 0.15) is 33.6 Å². The number of hydrogen-bond donors (Lipinski definition) is 0. The van der Waals surface area contributed by atoms with Gasteiger partial charge < -0.3 is 4.79 Å². The molecule has 1 unspecified atom stereocenters. The molecule has 0 radical (unpaired) electrons. The van der Waals surface area contributed by atoms with Crippen LogP contribution in [-0.4, -0.2) is 5.78 Å². The molecule has 0 saturated carbocycles. The predicted octanol–water partition coefficient (Wildman–Crippen LogP) is 2.85. The van der Waals surface area contributed by atoms with Crippen molar-refractivity contribution in [2.45, 2.75) is 33.6 Å². The van der Waals surface area contributed by atoms with E-state index in [0.717, 1.165) is 0 Å². The van der Waals surface area contributed by atoms with Gasteiger partial charge in [-0.05, 0) is 19.3 Å². The first-order chi connectivity index (χ1) is 7.43. The molecule has 0 N–H and O–H groups in total. The number of carbonyl (C=O) groups is 1. The van der Waals surface area contributed by atoms with E-state index in [4.69, 9.17) is 0 Å². The molecule has 0 heterocycles. The summed E-state index contributed by atoms with van der Waals surface area (Å²) in [4.78, 5) is 11.2. The fourth-order valence-electron chi connectivity index (χ4n) is 1.95. The molecule has 0 fully saturated rings. The maximum absolute atomic E-state index is 11.2. The Bertz CT molecular complexity index is 330. The summed E-state index contributed by atoms with van der Waals surface area (Å²) < 4.78 is 0. The maximum Gasteiger partial charge on any atom is 0.150 e. The second-order valence-electron chi connectivity index (χ2n) is 4.44. The van der Waals surface area contributed by atoms with Gasteiger partial charge in [-0.25, -0.2) is 0 Å². The summed E-state index contributed by atoms with van der Waals surface area (Å²) >= 11 is 0. The second-order valence-corrected chi connectivity index (χ2v) is 4.44. The van der Waals surface area contributed by atoms with Gasteiger partial charge in [-0.15, -0.1) is 6.58 Å². The Balaban J connectivity index is 5.27. The number of rotatable bonds is 6. The van der Waals surface area contributed by atoms with Gasteiger partial charge in [-0.3, -0.25) is 0 Å². The molecule has 3 nitrogen and oxygen atoms in total. The summed E-state index contributed by atoms with van der Waals surface area (Å²) in [6, 6.07) is 4.14. The van der Waals surface area contributed by atoms with Crippen LogP contribution in [0.5, 0.6) is 0 Å². The highest BCUT2D eigenvalue weighted by Gasteiger charge is 2.40. The lowest BCUT2D eigenvalue weighted by molar-refractivity contribution is -0.118. The van der Waals surface area contributed by atoms with Crippen molar-refractivity contribution in [3.8, 4) is 12.1 Å². The highest BCUT2D eigenvalue weighted by Crippen LogP contribution is 2.38. The first-order valence-corrected chi connectivity index (χ1v) is 5.36. The second kappa shape index (κ2) is 6.08. The van der Waals surface area contributed by atoms with E-state index < -0.39 is 5.41 Å². The van der Waals surface area contributed by atoms with Crippen LogP contribution < -0.4 is 0 Å². The number of Topliss-reactive ketones (excluding diaryl/α,β-unsaturated/α-hetero) is 1. The first-order valence-electron chi connectivity index (χ1n) is 5.36. The van der Waals surface area contributed by atoms with Gasteiger partial charge in [0.05, 0.1) is 12.1 Å². The Labute approximate surface area is 97.4 Å². The minimum atomic E-state index is -1.12. The molecule has 0 aromatic rings. The van der Waals surface area contributed by atoms with Crippen LogP contribution in [0, 0.1) is 39.9 Å². The average Bonchev–Trinajstić information content (AvgIpc) is 2.22. The molecule has 3 heteroatoms. The molecule has 0 aliphatic rings. The quantitative estimate of drug-likeness (QED) is 0.644. The van der Waals surface area contributed by atoms with Crippen molar-refractivity contribution >= 4 is 5.78 Å². The Morgan fingerprint density at radius 1 is 1.44 bits per heavy atom. The normalized spacial score (nSPS) is 12.6. The van der Waals surface area contributed by atoms with Crippen LogP contribution in [0.15, 0.2) is 12.7 Å². The molecule has 0 aliphatic carbocycles. The lowest BCUT2D eigenvalue weighted by atomic mass is 9.68. The standard InChI is InChI=1S/C13H18N2O/c1-5-6-13(8-14,9-15)12(10(2)3)7-11(4)16/h5,10,12H,1,6-7H2,2-4H3. The maximum atomic E-state index is 11.2. The Morgan fingerprint density at radius 2 is 1.94 bits per heavy atom. The number of hydrogen-bond acceptors (Lipinski definition) is 3. The number of nitriles is 2. The van der Waals surface area contributed by atoms with Crippen molar-refractivity contribution in [2.75, 3.05) is 0 Å². The lowest BCUT2D eigenvalue weighted by Gasteiger charge is -2.30. The highest BCUT2D eigenvalue weighted by molar-refractivity contribution is 5.76. The third kappa shape index (κ3) is 3.21. The van der Waals surface area contributed by atoms with E-state index in [0.29, 0.717) is 6.42 Å². The molecule has 0 saturated heterocycles. The third-order valence-electron chi connectivity index (χ3n) is 2.81. The lowest BCUT2D eigenvalue weighted by Crippen LogP contribution is -2.32. The number of ketones is 1. The third-order valence-corrected chi connectivity index (χ3v) is 2.81. The molecule has 0 bridgehead atoms. The van der Waals surface area contributed by atoms with E-state index in [1.54, 1.807) is 6.08 Å². The molecule has 0 rings (SSSR count). The van der Waals surface area contributed by atoms with Crippen molar-refractivity contribution in [3.05, 3.63) is 12.7 Å². The molecule has 0 spiro atoms. The van der Waals surface area contributed by atoms with Crippen LogP contribution in [0.25, 0.3) is 0 Å². The van der Waals surface area contributed by atoms with Gasteiger partial charge in [0, 0.05) is 12.3 Å². The molecular formula is C13H18N2O. The van der Waals surface area contributed by atoms with Gasteiger partial charge in [0.15, 0.2) is 5.41 Å². The van der Waals surface area contributed by atoms with Crippen molar-refractivity contribution in [2.24, 2.45) is 17.3 Å². The highest BCUT2D eigenvalue weighted by atomic mass is 16.1. The largest absolute Gasteiger partial charge is 0.300 e. The van der Waals surface area contributed by atoms with E-state index in [1.807, 2.05) is 13.8 Å². The molecule has 16 heavy (non-hydrogen) atoms. The van der Waals surface area contributed by atoms with Gasteiger partial charge in [0.2, 0.25) is 0 Å². The van der Waals surface area contributed by atoms with E-state index >= 15 is 0 Å². The summed E-state index contributed by atoms with van der Waals surface area (Å²) in [7, 11) is 0. The smallest absolute Gasteiger partial charge is 0.150 e. The fraction of sp³-hybridized carbons (Fsp3) is 0.615. The summed E-state index contributed by atoms with van der Waals surface area (Å²) in [5.41, 5.74) is -1.12. The number of carbonyl (C=O) groups excluding carboxylic acids is 1. The van der Waals surface area contributed by atoms with Crippen LogP contribution in [-0.2, 0) is 4.79 Å². The summed E-state index contributed by atoms with van der Waals surface area (Å²) in [5, 5.41) is 18.4. The zero-order chi connectivity index (χ0) is 12.8. The minimum Gasteiger partial charge on any atom is -0.300 e. The first kappa shape index (κ1) is 14.4. The van der Waals surface area contributed by atoms with Gasteiger partial charge in [0.1, 0.15) is 5.78 Å². The van der Waals surface area contributed by atoms with Crippen LogP contribution in [0.2, 0.25) is 0 Å². The van der Waals surface area contributed by atoms with E-state index in [1.165, 1.54) is 6.92 Å². The van der Waals surface area contributed by atoms with Crippen LogP contribution in [0.3, 0.4) is 0 Å². The fourth-order valence-corrected chi connectivity index (χ4v) is 1.95. The topological polar surface area (TPSA) is 64.7 Å². The molecule has 0 aromatic heterocycles. The number of allylic oxidation sites excluding steroid dienone is 1. The van der Waals surface area contributed by atoms with Crippen molar-refractivity contribution < 1.29 is 4.79 Å². The minimum absolute atomic E-state index is 0.0117. The van der Waals surface area contributed by atoms with Gasteiger partial charge in [0.25, 0.3) is 0 Å². The monoisotopic (exact) mass is 218 g/mol. The van der Waals surface area contributed by atoms with E-state index in [2.05, 4.69) is 18.7 Å². The Hall–Kier alpha value is -1.61. The van der Waals surface area contributed by atoms with E-state index in [-0.39, 0.29) is 24.0 Å². The number of nitrogens with zero attached hydrogens (tertiary/aromatic N) is 2. The molecule has 0 aromatic carbocycles. The summed E-state index contributed by atoms with van der Waals surface area (Å²) in [6.07, 6.45) is 2.14. The van der Waals surface area contributed by atoms with Crippen molar-refractivity contribution in [1.29, 1.82) is 10.5 Å². The molecule has 0 aliphatic heterocycles. The van der Waals surface area contributed by atoms with Crippen LogP contribution >= 0.6 is 0 Å². The summed E-state index contributed by atoms with van der Waals surface area (Å²) in [5.74, 6) is -0.112. The van der Waals surface area contributed by atoms with Gasteiger partial charge in [-0.1, -0.05) is 19.9 Å². The van der Waals surface area contributed by atoms with Crippen molar-refractivity contribution in [3.63, 3.8) is 0 Å². The predicted molar refractivity (Wildman–Crippen MR) is 62.1 cm³/mol. The van der Waals surface area contributed by atoms with E-state index in [9.17, 15) is 15.3 Å². The summed E-state index contributed by atoms with van der Waals surface area (Å²) in [6.45, 7) is 8.93. The van der Waals surface area contributed by atoms with Crippen LogP contribution in [0.4, 0.5) is 0 Å². The SMILES string of the molecule is C=CCC(C#N)(C#N)C(CC(C)=O)C(C)C. The Morgan fingerprint density at radius 3 is 2.19 bits per heavy atom. The van der Waals surface area contributed by atoms with Gasteiger partial charge >= 0.3 is 0 Å².